The molecule has 180 valence electrons. The van der Waals surface area contributed by atoms with E-state index >= 15 is 0 Å². The average molecular weight is 453 g/mol. The molecule has 0 aromatic heterocycles. The second-order valence-electron chi connectivity index (χ2n) is 7.76. The maximum absolute atomic E-state index is 12.6. The van der Waals surface area contributed by atoms with Gasteiger partial charge in [0.25, 0.3) is 0 Å². The first-order valence-electron chi connectivity index (χ1n) is 12.0. The summed E-state index contributed by atoms with van der Waals surface area (Å²) in [5.41, 5.74) is 5.84. The number of carboxylic acid groups (broad SMARTS) is 1. The highest BCUT2D eigenvalue weighted by molar-refractivity contribution is 5.90. The van der Waals surface area contributed by atoms with Gasteiger partial charge in [0.05, 0.1) is 11.6 Å². The molecule has 33 heavy (non-hydrogen) atoms. The summed E-state index contributed by atoms with van der Waals surface area (Å²) in [6, 6.07) is -0.487. The summed E-state index contributed by atoms with van der Waals surface area (Å²) in [6.45, 7) is 2.47. The topological polar surface area (TPSA) is 83.6 Å². The van der Waals surface area contributed by atoms with Crippen molar-refractivity contribution in [3.8, 4) is 0 Å². The minimum absolute atomic E-state index is 0.0658. The third-order valence-electron chi connectivity index (χ3n) is 5.11. The summed E-state index contributed by atoms with van der Waals surface area (Å²) in [6.07, 6.45) is 33.7. The molecule has 1 unspecified atom stereocenters. The Hall–Kier alpha value is -2.92. The maximum atomic E-state index is 12.6. The molecule has 3 N–H and O–H groups in total. The van der Waals surface area contributed by atoms with Crippen LogP contribution in [0.15, 0.2) is 84.7 Å². The lowest BCUT2D eigenvalue weighted by Gasteiger charge is -2.31. The predicted molar refractivity (Wildman–Crippen MR) is 137 cm³/mol. The lowest BCUT2D eigenvalue weighted by Crippen LogP contribution is -2.41. The molecule has 0 aliphatic carbocycles. The summed E-state index contributed by atoms with van der Waals surface area (Å²) in [5.74, 6) is -1.07. The predicted octanol–water partition coefficient (Wildman–Crippen LogP) is 5.99. The van der Waals surface area contributed by atoms with Gasteiger partial charge in [0, 0.05) is 12.6 Å². The highest BCUT2D eigenvalue weighted by atomic mass is 16.4. The van der Waals surface area contributed by atoms with Gasteiger partial charge in [0.2, 0.25) is 5.91 Å². The molecule has 1 amide bonds. The van der Waals surface area contributed by atoms with E-state index in [0.29, 0.717) is 19.4 Å². The molecular formula is C28H40N2O3. The second kappa shape index (κ2) is 18.6. The molecule has 1 aliphatic heterocycles. The standard InChI is InChI=1S/C28H40N2O3/c1-2-3-4-5-6-7-8-9-10-11-12-13-14-15-16-17-18-21-27(31)30-24-19-20-25(28(32)33)26(30)22-23-29/h3-4,6-7,9-10,12-13,15-16,19-20,24,26H,2,5,8,11,14,17-18,21-23,29H2,1H3,(H,32,33). The zero-order valence-corrected chi connectivity index (χ0v) is 19.9. The van der Waals surface area contributed by atoms with Crippen molar-refractivity contribution >= 4 is 11.9 Å². The fraction of sp³-hybridized carbons (Fsp3) is 0.429. The average Bonchev–Trinajstić information content (AvgIpc) is 2.81. The molecule has 0 bridgehead atoms. The summed E-state index contributed by atoms with van der Waals surface area (Å²) < 4.78 is 0. The minimum atomic E-state index is -1.01. The first-order chi connectivity index (χ1) is 16.1. The van der Waals surface area contributed by atoms with Crippen LogP contribution in [-0.4, -0.2) is 34.5 Å². The monoisotopic (exact) mass is 452 g/mol. The normalized spacial score (nSPS) is 16.8. The van der Waals surface area contributed by atoms with Crippen LogP contribution < -0.4 is 5.73 Å². The Morgan fingerprint density at radius 2 is 1.48 bits per heavy atom. The van der Waals surface area contributed by atoms with Crippen LogP contribution in [0.25, 0.3) is 0 Å². The van der Waals surface area contributed by atoms with Crippen LogP contribution in [-0.2, 0) is 9.59 Å². The number of hydrogen-bond acceptors (Lipinski definition) is 3. The highest BCUT2D eigenvalue weighted by Gasteiger charge is 2.29. The third-order valence-corrected chi connectivity index (χ3v) is 5.11. The number of allylic oxidation sites excluding steroid dienone is 12. The van der Waals surface area contributed by atoms with Crippen molar-refractivity contribution in [3.63, 3.8) is 0 Å². The summed E-state index contributed by atoms with van der Waals surface area (Å²) in [7, 11) is 0. The molecule has 1 heterocycles. The van der Waals surface area contributed by atoms with Crippen LogP contribution in [0.4, 0.5) is 0 Å². The van der Waals surface area contributed by atoms with Crippen LogP contribution in [0.5, 0.6) is 0 Å². The SMILES string of the molecule is CCC=CCC=CCC=CCC=CCC=CCCCC(=O)N1C=CC=C(C(=O)O)C1CCN. The Bertz CT molecular complexity index is 785. The van der Waals surface area contributed by atoms with E-state index in [0.717, 1.165) is 44.9 Å². The van der Waals surface area contributed by atoms with E-state index in [2.05, 4.69) is 67.7 Å². The lowest BCUT2D eigenvalue weighted by molar-refractivity contribution is -0.134. The van der Waals surface area contributed by atoms with Gasteiger partial charge < -0.3 is 15.7 Å². The Labute approximate surface area is 199 Å². The van der Waals surface area contributed by atoms with Crippen LogP contribution >= 0.6 is 0 Å². The van der Waals surface area contributed by atoms with Gasteiger partial charge in [-0.15, -0.1) is 0 Å². The number of carbonyl (C=O) groups excluding carboxylic acids is 1. The van der Waals surface area contributed by atoms with Crippen molar-refractivity contribution < 1.29 is 14.7 Å². The molecular weight excluding hydrogens is 412 g/mol. The van der Waals surface area contributed by atoms with Crippen LogP contribution in [0.3, 0.4) is 0 Å². The van der Waals surface area contributed by atoms with E-state index in [1.165, 1.54) is 4.90 Å². The van der Waals surface area contributed by atoms with Gasteiger partial charge in [-0.2, -0.15) is 0 Å². The smallest absolute Gasteiger partial charge is 0.333 e. The van der Waals surface area contributed by atoms with E-state index in [4.69, 9.17) is 5.73 Å². The number of rotatable bonds is 16. The van der Waals surface area contributed by atoms with Crippen LogP contribution in [0.1, 0.15) is 64.7 Å². The van der Waals surface area contributed by atoms with Gasteiger partial charge in [-0.3, -0.25) is 4.79 Å². The van der Waals surface area contributed by atoms with Crippen molar-refractivity contribution in [1.29, 1.82) is 0 Å². The van der Waals surface area contributed by atoms with E-state index in [1.807, 2.05) is 0 Å². The Morgan fingerprint density at radius 1 is 0.939 bits per heavy atom. The lowest BCUT2D eigenvalue weighted by atomic mass is 9.98. The minimum Gasteiger partial charge on any atom is -0.478 e. The van der Waals surface area contributed by atoms with Crippen LogP contribution in [0, 0.1) is 0 Å². The number of nitrogens with two attached hydrogens (primary N) is 1. The van der Waals surface area contributed by atoms with Crippen molar-refractivity contribution in [2.45, 2.75) is 70.8 Å². The van der Waals surface area contributed by atoms with E-state index < -0.39 is 12.0 Å². The zero-order chi connectivity index (χ0) is 24.2. The summed E-state index contributed by atoms with van der Waals surface area (Å²) in [5, 5.41) is 9.36. The first-order valence-corrected chi connectivity index (χ1v) is 12.0. The van der Waals surface area contributed by atoms with Gasteiger partial charge in [0.15, 0.2) is 0 Å². The van der Waals surface area contributed by atoms with Gasteiger partial charge in [-0.25, -0.2) is 4.79 Å². The summed E-state index contributed by atoms with van der Waals surface area (Å²) >= 11 is 0. The van der Waals surface area contributed by atoms with Gasteiger partial charge in [-0.1, -0.05) is 67.7 Å². The number of nitrogens with zero attached hydrogens (tertiary/aromatic N) is 1. The fourth-order valence-corrected chi connectivity index (χ4v) is 3.40. The number of unbranched alkanes of at least 4 members (excludes halogenated alkanes) is 1. The van der Waals surface area contributed by atoms with Gasteiger partial charge in [-0.05, 0) is 70.1 Å². The highest BCUT2D eigenvalue weighted by Crippen LogP contribution is 2.21. The van der Waals surface area contributed by atoms with E-state index in [9.17, 15) is 14.7 Å². The maximum Gasteiger partial charge on any atom is 0.333 e. The fourth-order valence-electron chi connectivity index (χ4n) is 3.40. The molecule has 1 aliphatic rings. The molecule has 0 radical (unpaired) electrons. The molecule has 1 rings (SSSR count). The Kier molecular flexibility index (Phi) is 15.9. The second-order valence-corrected chi connectivity index (χ2v) is 7.76. The molecule has 0 aromatic carbocycles. The third kappa shape index (κ3) is 12.6. The molecule has 0 aromatic rings. The number of aliphatic carboxylic acids is 1. The number of hydrogen-bond donors (Lipinski definition) is 2. The quantitative estimate of drug-likeness (QED) is 0.222. The molecule has 0 saturated heterocycles. The molecule has 0 spiro atoms. The van der Waals surface area contributed by atoms with Crippen LogP contribution in [0.2, 0.25) is 0 Å². The molecule has 5 nitrogen and oxygen atoms in total. The Morgan fingerprint density at radius 3 is 2.00 bits per heavy atom. The molecule has 0 saturated carbocycles. The Balaban J connectivity index is 2.20. The van der Waals surface area contributed by atoms with E-state index in [1.54, 1.807) is 18.4 Å². The summed E-state index contributed by atoms with van der Waals surface area (Å²) in [4.78, 5) is 25.5. The van der Waals surface area contributed by atoms with Crippen molar-refractivity contribution in [3.05, 3.63) is 84.7 Å². The van der Waals surface area contributed by atoms with E-state index in [-0.39, 0.29) is 11.5 Å². The number of carboxylic acids is 1. The zero-order valence-electron chi connectivity index (χ0n) is 19.9. The molecule has 1 atom stereocenters. The van der Waals surface area contributed by atoms with Crippen molar-refractivity contribution in [1.82, 2.24) is 4.90 Å². The number of carbonyl (C=O) groups is 2. The molecule has 5 heteroatoms. The van der Waals surface area contributed by atoms with Crippen molar-refractivity contribution in [2.75, 3.05) is 6.54 Å². The first kappa shape index (κ1) is 28.1. The van der Waals surface area contributed by atoms with Gasteiger partial charge in [0.1, 0.15) is 0 Å². The largest absolute Gasteiger partial charge is 0.478 e. The molecule has 0 fully saturated rings. The number of amides is 1. The van der Waals surface area contributed by atoms with Crippen molar-refractivity contribution in [2.24, 2.45) is 5.73 Å². The van der Waals surface area contributed by atoms with Gasteiger partial charge >= 0.3 is 5.97 Å².